The van der Waals surface area contributed by atoms with Crippen LogP contribution in [0.15, 0.2) is 54.7 Å². The third-order valence-corrected chi connectivity index (χ3v) is 7.07. The predicted molar refractivity (Wildman–Crippen MR) is 150 cm³/mol. The third-order valence-electron chi connectivity index (χ3n) is 7.07. The predicted octanol–water partition coefficient (Wildman–Crippen LogP) is 1.02. The molecule has 1 aliphatic rings. The van der Waals surface area contributed by atoms with Crippen molar-refractivity contribution >= 4 is 34.2 Å². The summed E-state index contributed by atoms with van der Waals surface area (Å²) in [5.74, 6) is 0.774. The largest absolute Gasteiger partial charge is 0.491 e. The van der Waals surface area contributed by atoms with Crippen molar-refractivity contribution < 1.29 is 14.6 Å². The van der Waals surface area contributed by atoms with Crippen LogP contribution in [0.5, 0.6) is 5.75 Å². The van der Waals surface area contributed by atoms with Gasteiger partial charge in [0.2, 0.25) is 11.8 Å². The molecule has 0 spiro atoms. The fraction of sp³-hybridized carbons (Fsp3) is 0.296. The molecule has 0 bridgehead atoms. The van der Waals surface area contributed by atoms with Crippen molar-refractivity contribution in [3.63, 3.8) is 0 Å². The number of carbonyl (C=O) groups excluding carboxylic acids is 1. The van der Waals surface area contributed by atoms with Crippen molar-refractivity contribution in [2.45, 2.75) is 6.54 Å². The Bertz CT molecular complexity index is 1640. The normalized spacial score (nSPS) is 14.3. The van der Waals surface area contributed by atoms with Crippen LogP contribution in [0.25, 0.3) is 28.2 Å². The number of nitrogen functional groups attached to an aromatic ring is 1. The number of benzene rings is 1. The molecule has 40 heavy (non-hydrogen) atoms. The van der Waals surface area contributed by atoms with Gasteiger partial charge in [0.25, 0.3) is 5.91 Å². The summed E-state index contributed by atoms with van der Waals surface area (Å²) in [5.41, 5.74) is 15.2. The van der Waals surface area contributed by atoms with Crippen LogP contribution in [0.1, 0.15) is 10.5 Å². The first-order valence-electron chi connectivity index (χ1n) is 13.1. The minimum Gasteiger partial charge on any atom is -0.491 e. The lowest BCUT2D eigenvalue weighted by Crippen LogP contribution is -2.47. The van der Waals surface area contributed by atoms with Crippen LogP contribution in [0.2, 0.25) is 0 Å². The average Bonchev–Trinajstić information content (AvgIpc) is 3.59. The molecule has 1 aromatic carbocycles. The highest BCUT2D eigenvalue weighted by Crippen LogP contribution is 2.26. The van der Waals surface area contributed by atoms with E-state index in [1.165, 1.54) is 4.52 Å². The van der Waals surface area contributed by atoms with E-state index in [4.69, 9.17) is 21.3 Å². The molecule has 0 atom stereocenters. The first kappa shape index (κ1) is 25.5. The summed E-state index contributed by atoms with van der Waals surface area (Å²) < 4.78 is 8.74. The monoisotopic (exact) mass is 542 g/mol. The molecule has 13 heteroatoms. The van der Waals surface area contributed by atoms with E-state index in [0.717, 1.165) is 37.6 Å². The Morgan fingerprint density at radius 3 is 2.50 bits per heavy atom. The smallest absolute Gasteiger partial charge is 0.265 e. The molecule has 5 heterocycles. The first-order chi connectivity index (χ1) is 19.5. The lowest BCUT2D eigenvalue weighted by molar-refractivity contribution is 0.0991. The van der Waals surface area contributed by atoms with Gasteiger partial charge >= 0.3 is 0 Å². The minimum absolute atomic E-state index is 0.00921. The van der Waals surface area contributed by atoms with Gasteiger partial charge in [-0.2, -0.15) is 9.50 Å². The average molecular weight is 543 g/mol. The van der Waals surface area contributed by atoms with E-state index in [9.17, 15) is 4.79 Å². The quantitative estimate of drug-likeness (QED) is 0.245. The van der Waals surface area contributed by atoms with Crippen molar-refractivity contribution in [2.75, 3.05) is 56.6 Å². The van der Waals surface area contributed by atoms with Crippen LogP contribution in [0, 0.1) is 0 Å². The Morgan fingerprint density at radius 2 is 1.80 bits per heavy atom. The van der Waals surface area contributed by atoms with Crippen molar-refractivity contribution in [3.05, 3.63) is 60.4 Å². The Morgan fingerprint density at radius 1 is 1.00 bits per heavy atom. The molecular weight excluding hydrogens is 512 g/mol. The zero-order chi connectivity index (χ0) is 27.6. The van der Waals surface area contributed by atoms with Crippen LogP contribution >= 0.6 is 0 Å². The maximum atomic E-state index is 12.4. The van der Waals surface area contributed by atoms with Gasteiger partial charge in [-0.3, -0.25) is 14.7 Å². The summed E-state index contributed by atoms with van der Waals surface area (Å²) in [4.78, 5) is 30.7. The van der Waals surface area contributed by atoms with Gasteiger partial charge in [0.05, 0.1) is 12.0 Å². The first-order valence-corrected chi connectivity index (χ1v) is 13.1. The molecule has 13 nitrogen and oxygen atoms in total. The highest BCUT2D eigenvalue weighted by atomic mass is 16.5. The second-order valence-electron chi connectivity index (χ2n) is 9.53. The summed E-state index contributed by atoms with van der Waals surface area (Å²) >= 11 is 0. The van der Waals surface area contributed by atoms with E-state index >= 15 is 0 Å². The molecule has 1 fully saturated rings. The molecule has 1 amide bonds. The van der Waals surface area contributed by atoms with E-state index in [-0.39, 0.29) is 19.2 Å². The number of pyridine rings is 1. The summed E-state index contributed by atoms with van der Waals surface area (Å²) in [6.45, 7) is 4.97. The van der Waals surface area contributed by atoms with Crippen LogP contribution in [-0.4, -0.2) is 91.0 Å². The number of nitrogens with zero attached hydrogens (tertiary/aromatic N) is 8. The summed E-state index contributed by atoms with van der Waals surface area (Å²) in [7, 11) is 0. The zero-order valence-electron chi connectivity index (χ0n) is 21.8. The van der Waals surface area contributed by atoms with Gasteiger partial charge in [-0.25, -0.2) is 4.98 Å². The summed E-state index contributed by atoms with van der Waals surface area (Å²) in [6, 6.07) is 15.1. The number of piperazine rings is 1. The number of primary amides is 1. The van der Waals surface area contributed by atoms with Gasteiger partial charge in [-0.05, 0) is 42.5 Å². The van der Waals surface area contributed by atoms with E-state index in [1.807, 2.05) is 47.0 Å². The molecular formula is C27H30N10O3. The minimum atomic E-state index is -0.546. The number of carbonyl (C=O) groups is 1. The molecule has 0 unspecified atom stereocenters. The van der Waals surface area contributed by atoms with Gasteiger partial charge in [0.15, 0.2) is 5.65 Å². The standard InChI is InChI=1S/C27H30N10O3/c28-23(39)22-17-20-25(32-27(29)37-26(20)31-24(33-37)21-3-1-2-8-30-21)36(22)14-11-34-9-12-35(13-10-34)18-4-6-19(7-5-18)40-16-15-38/h1-8,17,38H,9-16H2,(H2,28,39)(H2,29,32). The molecule has 5 N–H and O–H groups in total. The summed E-state index contributed by atoms with van der Waals surface area (Å²) in [5, 5.41) is 14.1. The zero-order valence-corrected chi connectivity index (χ0v) is 21.8. The number of fused-ring (bicyclic) bond motifs is 3. The fourth-order valence-electron chi connectivity index (χ4n) is 5.05. The Labute approximate surface area is 229 Å². The second kappa shape index (κ2) is 10.8. The molecule has 206 valence electrons. The van der Waals surface area contributed by atoms with Crippen molar-refractivity contribution in [1.29, 1.82) is 0 Å². The highest BCUT2D eigenvalue weighted by Gasteiger charge is 2.23. The van der Waals surface area contributed by atoms with Gasteiger partial charge in [-0.15, -0.1) is 5.10 Å². The SMILES string of the molecule is NC(=O)c1cc2c(nc(N)n3nc(-c4ccccn4)nc23)n1CCN1CCN(c2ccc(OCCO)cc2)CC1. The molecule has 0 radical (unpaired) electrons. The Hall–Kier alpha value is -4.75. The fourth-order valence-corrected chi connectivity index (χ4v) is 5.05. The van der Waals surface area contributed by atoms with Crippen molar-refractivity contribution in [3.8, 4) is 17.3 Å². The van der Waals surface area contributed by atoms with Crippen molar-refractivity contribution in [2.24, 2.45) is 5.73 Å². The Kier molecular flexibility index (Phi) is 6.88. The number of aliphatic hydroxyl groups is 1. The van der Waals surface area contributed by atoms with Crippen LogP contribution < -0.4 is 21.1 Å². The topological polar surface area (TPSA) is 166 Å². The Balaban J connectivity index is 1.19. The number of aromatic nitrogens is 6. The maximum Gasteiger partial charge on any atom is 0.265 e. The number of ether oxygens (including phenoxy) is 1. The van der Waals surface area contributed by atoms with E-state index in [2.05, 4.69) is 29.9 Å². The molecule has 4 aromatic heterocycles. The molecule has 0 aliphatic carbocycles. The van der Waals surface area contributed by atoms with Crippen LogP contribution in [0.3, 0.4) is 0 Å². The summed E-state index contributed by atoms with van der Waals surface area (Å²) in [6.07, 6.45) is 1.67. The maximum absolute atomic E-state index is 12.4. The number of aliphatic hydroxyl groups excluding tert-OH is 1. The number of amides is 1. The van der Waals surface area contributed by atoms with Crippen LogP contribution in [-0.2, 0) is 6.54 Å². The number of nitrogens with two attached hydrogens (primary N) is 2. The second-order valence-corrected chi connectivity index (χ2v) is 9.53. The van der Waals surface area contributed by atoms with E-state index < -0.39 is 5.91 Å². The van der Waals surface area contributed by atoms with Crippen LogP contribution in [0.4, 0.5) is 11.6 Å². The lowest BCUT2D eigenvalue weighted by Gasteiger charge is -2.36. The van der Waals surface area contributed by atoms with E-state index in [0.29, 0.717) is 47.0 Å². The molecule has 1 saturated heterocycles. The molecule has 5 aromatic rings. The van der Waals surface area contributed by atoms with Crippen molar-refractivity contribution in [1.82, 2.24) is 34.0 Å². The lowest BCUT2D eigenvalue weighted by atomic mass is 10.2. The van der Waals surface area contributed by atoms with E-state index in [1.54, 1.807) is 12.3 Å². The number of anilines is 2. The number of hydrogen-bond donors (Lipinski definition) is 3. The van der Waals surface area contributed by atoms with Gasteiger partial charge in [0.1, 0.15) is 29.4 Å². The number of rotatable bonds is 9. The molecule has 0 saturated carbocycles. The van der Waals surface area contributed by atoms with Gasteiger partial charge < -0.3 is 30.8 Å². The third kappa shape index (κ3) is 4.87. The molecule has 6 rings (SSSR count). The van der Waals surface area contributed by atoms with Gasteiger partial charge in [0, 0.05) is 51.2 Å². The highest BCUT2D eigenvalue weighted by molar-refractivity contribution is 6.01. The van der Waals surface area contributed by atoms with Gasteiger partial charge in [-0.1, -0.05) is 6.07 Å². The molecule has 1 aliphatic heterocycles. The number of hydrogen-bond acceptors (Lipinski definition) is 10.